The molecule has 0 bridgehead atoms. The van der Waals surface area contributed by atoms with E-state index in [4.69, 9.17) is 4.74 Å². The number of halogens is 4. The maximum absolute atomic E-state index is 12.3. The summed E-state index contributed by atoms with van der Waals surface area (Å²) in [5, 5.41) is 0. The Morgan fingerprint density at radius 3 is 2.40 bits per heavy atom. The standard InChI is InChI=1S/C10H16BrF3O/c1-4-9(3)7(11)5-8(9)15-6(2)10(12,13)14/h6-8H,4-5H2,1-3H3. The van der Waals surface area contributed by atoms with Crippen molar-refractivity contribution >= 4 is 15.9 Å². The number of hydrogen-bond acceptors (Lipinski definition) is 1. The molecular weight excluding hydrogens is 273 g/mol. The lowest BCUT2D eigenvalue weighted by atomic mass is 9.65. The van der Waals surface area contributed by atoms with Gasteiger partial charge in [0, 0.05) is 10.2 Å². The van der Waals surface area contributed by atoms with Crippen LogP contribution in [0.1, 0.15) is 33.6 Å². The Hall–Kier alpha value is 0.230. The van der Waals surface area contributed by atoms with Gasteiger partial charge in [-0.05, 0) is 19.8 Å². The molecule has 1 aliphatic rings. The molecule has 4 atom stereocenters. The van der Waals surface area contributed by atoms with E-state index in [0.717, 1.165) is 13.3 Å². The third kappa shape index (κ3) is 2.49. The highest BCUT2D eigenvalue weighted by molar-refractivity contribution is 9.09. The van der Waals surface area contributed by atoms with Crippen LogP contribution in [0.25, 0.3) is 0 Å². The molecule has 4 unspecified atom stereocenters. The number of hydrogen-bond donors (Lipinski definition) is 0. The van der Waals surface area contributed by atoms with Gasteiger partial charge in [0.05, 0.1) is 6.10 Å². The molecule has 0 aromatic carbocycles. The van der Waals surface area contributed by atoms with Gasteiger partial charge < -0.3 is 4.74 Å². The highest BCUT2D eigenvalue weighted by Crippen LogP contribution is 2.51. The van der Waals surface area contributed by atoms with Crippen LogP contribution in [0.15, 0.2) is 0 Å². The molecule has 1 nitrogen and oxygen atoms in total. The molecule has 0 aromatic rings. The Morgan fingerprint density at radius 2 is 2.07 bits per heavy atom. The largest absolute Gasteiger partial charge is 0.414 e. The second-order valence-corrected chi connectivity index (χ2v) is 5.48. The van der Waals surface area contributed by atoms with Gasteiger partial charge in [0.1, 0.15) is 0 Å². The Labute approximate surface area is 96.5 Å². The molecule has 0 amide bonds. The van der Waals surface area contributed by atoms with E-state index in [9.17, 15) is 13.2 Å². The maximum atomic E-state index is 12.3. The first-order valence-electron chi connectivity index (χ1n) is 5.08. The molecule has 15 heavy (non-hydrogen) atoms. The summed E-state index contributed by atoms with van der Waals surface area (Å²) < 4.78 is 41.9. The van der Waals surface area contributed by atoms with E-state index < -0.39 is 12.3 Å². The highest BCUT2D eigenvalue weighted by atomic mass is 79.9. The molecule has 0 spiro atoms. The molecule has 1 rings (SSSR count). The minimum Gasteiger partial charge on any atom is -0.365 e. The molecule has 1 aliphatic carbocycles. The highest BCUT2D eigenvalue weighted by Gasteiger charge is 2.52. The summed E-state index contributed by atoms with van der Waals surface area (Å²) in [6.07, 6.45) is -4.74. The minimum atomic E-state index is -4.26. The lowest BCUT2D eigenvalue weighted by Crippen LogP contribution is -2.55. The summed E-state index contributed by atoms with van der Waals surface area (Å²) in [6.45, 7) is 5.00. The lowest BCUT2D eigenvalue weighted by Gasteiger charge is -2.51. The first kappa shape index (κ1) is 13.3. The average molecular weight is 289 g/mol. The fourth-order valence-corrected chi connectivity index (χ4v) is 2.71. The third-order valence-electron chi connectivity index (χ3n) is 3.46. The van der Waals surface area contributed by atoms with Crippen LogP contribution in [0.3, 0.4) is 0 Å². The van der Waals surface area contributed by atoms with Crippen LogP contribution >= 0.6 is 15.9 Å². The normalized spacial score (nSPS) is 38.6. The predicted octanol–water partition coefficient (Wildman–Crippen LogP) is 3.91. The second kappa shape index (κ2) is 4.24. The third-order valence-corrected chi connectivity index (χ3v) is 4.88. The number of rotatable bonds is 3. The summed E-state index contributed by atoms with van der Waals surface area (Å²) in [4.78, 5) is 0.264. The van der Waals surface area contributed by atoms with Gasteiger partial charge in [-0.1, -0.05) is 29.8 Å². The van der Waals surface area contributed by atoms with Gasteiger partial charge in [-0.3, -0.25) is 0 Å². The first-order valence-corrected chi connectivity index (χ1v) is 5.99. The maximum Gasteiger partial charge on any atom is 0.414 e. The SMILES string of the molecule is CCC1(C)C(Br)CC1OC(C)C(F)(F)F. The predicted molar refractivity (Wildman–Crippen MR) is 56.1 cm³/mol. The van der Waals surface area contributed by atoms with Crippen LogP contribution in [-0.2, 0) is 4.74 Å². The summed E-state index contributed by atoms with van der Waals surface area (Å²) in [7, 11) is 0. The molecule has 0 radical (unpaired) electrons. The topological polar surface area (TPSA) is 9.23 Å². The van der Waals surface area contributed by atoms with Crippen molar-refractivity contribution < 1.29 is 17.9 Å². The fourth-order valence-electron chi connectivity index (χ4n) is 1.75. The second-order valence-electron chi connectivity index (χ2n) is 4.37. The zero-order valence-corrected chi connectivity index (χ0v) is 10.7. The van der Waals surface area contributed by atoms with Crippen LogP contribution in [0.5, 0.6) is 0 Å². The lowest BCUT2D eigenvalue weighted by molar-refractivity contribution is -0.251. The molecule has 0 aliphatic heterocycles. The monoisotopic (exact) mass is 288 g/mol. The van der Waals surface area contributed by atoms with E-state index in [2.05, 4.69) is 15.9 Å². The van der Waals surface area contributed by atoms with Crippen LogP contribution in [-0.4, -0.2) is 23.2 Å². The van der Waals surface area contributed by atoms with Gasteiger partial charge in [0.2, 0.25) is 0 Å². The smallest absolute Gasteiger partial charge is 0.365 e. The average Bonchev–Trinajstić information content (AvgIpc) is 2.14. The van der Waals surface area contributed by atoms with E-state index >= 15 is 0 Å². The summed E-state index contributed by atoms with van der Waals surface area (Å²) in [5.74, 6) is 0. The van der Waals surface area contributed by atoms with Crippen LogP contribution in [0.4, 0.5) is 13.2 Å². The molecule has 0 heterocycles. The Morgan fingerprint density at radius 1 is 1.53 bits per heavy atom. The van der Waals surface area contributed by atoms with Gasteiger partial charge >= 0.3 is 6.18 Å². The molecule has 0 aromatic heterocycles. The summed E-state index contributed by atoms with van der Waals surface area (Å²) in [5.41, 5.74) is -0.167. The van der Waals surface area contributed by atoms with Gasteiger partial charge in [-0.15, -0.1) is 0 Å². The molecule has 0 saturated heterocycles. The van der Waals surface area contributed by atoms with Gasteiger partial charge in [0.25, 0.3) is 0 Å². The van der Waals surface area contributed by atoms with Crippen molar-refractivity contribution in [2.75, 3.05) is 0 Å². The first-order chi connectivity index (χ1) is 6.71. The van der Waals surface area contributed by atoms with Gasteiger partial charge in [-0.2, -0.15) is 13.2 Å². The van der Waals surface area contributed by atoms with Crippen molar-refractivity contribution in [2.45, 2.75) is 56.8 Å². The molecule has 1 fully saturated rings. The molecule has 0 N–H and O–H groups in total. The Kier molecular flexibility index (Phi) is 3.76. The Bertz CT molecular complexity index is 231. The zero-order chi connectivity index (χ0) is 11.9. The van der Waals surface area contributed by atoms with Crippen molar-refractivity contribution in [1.82, 2.24) is 0 Å². The van der Waals surface area contributed by atoms with Gasteiger partial charge in [-0.25, -0.2) is 0 Å². The van der Waals surface area contributed by atoms with E-state index in [0.29, 0.717) is 6.42 Å². The van der Waals surface area contributed by atoms with E-state index in [-0.39, 0.29) is 16.3 Å². The van der Waals surface area contributed by atoms with Crippen molar-refractivity contribution in [3.05, 3.63) is 0 Å². The zero-order valence-electron chi connectivity index (χ0n) is 9.07. The summed E-state index contributed by atoms with van der Waals surface area (Å²) >= 11 is 3.46. The summed E-state index contributed by atoms with van der Waals surface area (Å²) in [6, 6.07) is 0. The van der Waals surface area contributed by atoms with E-state index in [1.807, 2.05) is 13.8 Å². The van der Waals surface area contributed by atoms with E-state index in [1.165, 1.54) is 0 Å². The van der Waals surface area contributed by atoms with Crippen LogP contribution in [0, 0.1) is 5.41 Å². The Balaban J connectivity index is 2.55. The number of alkyl halides is 4. The van der Waals surface area contributed by atoms with Crippen molar-refractivity contribution in [1.29, 1.82) is 0 Å². The van der Waals surface area contributed by atoms with E-state index in [1.54, 1.807) is 0 Å². The minimum absolute atomic E-state index is 0.167. The molecule has 5 heteroatoms. The van der Waals surface area contributed by atoms with Crippen molar-refractivity contribution in [3.8, 4) is 0 Å². The van der Waals surface area contributed by atoms with Gasteiger partial charge in [0.15, 0.2) is 6.10 Å². The van der Waals surface area contributed by atoms with Crippen molar-refractivity contribution in [2.24, 2.45) is 5.41 Å². The fraction of sp³-hybridized carbons (Fsp3) is 1.00. The number of ether oxygens (including phenoxy) is 1. The molecule has 90 valence electrons. The quantitative estimate of drug-likeness (QED) is 0.716. The molecule has 1 saturated carbocycles. The molecular formula is C10H16BrF3O. The van der Waals surface area contributed by atoms with Crippen LogP contribution < -0.4 is 0 Å². The van der Waals surface area contributed by atoms with Crippen LogP contribution in [0.2, 0.25) is 0 Å². The van der Waals surface area contributed by atoms with Crippen molar-refractivity contribution in [3.63, 3.8) is 0 Å².